The van der Waals surface area contributed by atoms with Gasteiger partial charge in [-0.05, 0) is 74.7 Å². The summed E-state index contributed by atoms with van der Waals surface area (Å²) in [6, 6.07) is 3.06. The lowest BCUT2D eigenvalue weighted by molar-refractivity contribution is 0.456. The van der Waals surface area contributed by atoms with Crippen molar-refractivity contribution in [2.75, 3.05) is 6.54 Å². The number of thiophene rings is 1. The van der Waals surface area contributed by atoms with Crippen LogP contribution < -0.4 is 5.32 Å². The number of hydrogen-bond acceptors (Lipinski definition) is 2. The first-order valence-electron chi connectivity index (χ1n) is 5.68. The molecule has 1 fully saturated rings. The van der Waals surface area contributed by atoms with E-state index in [0.717, 1.165) is 12.6 Å². The standard InChI is InChI=1S/C12H17Br2NS/c1-12(2,5-6-15-8-3-4-8)9-7-10(13)16-11(9)14/h7-8,15H,3-6H2,1-2H3. The molecule has 0 amide bonds. The Morgan fingerprint density at radius 3 is 2.62 bits per heavy atom. The van der Waals surface area contributed by atoms with Gasteiger partial charge < -0.3 is 5.32 Å². The van der Waals surface area contributed by atoms with E-state index >= 15 is 0 Å². The summed E-state index contributed by atoms with van der Waals surface area (Å²) in [4.78, 5) is 0. The second-order valence-corrected chi connectivity index (χ2v) is 8.85. The van der Waals surface area contributed by atoms with E-state index in [1.807, 2.05) is 0 Å². The van der Waals surface area contributed by atoms with E-state index in [1.165, 1.54) is 32.4 Å². The first kappa shape index (κ1) is 13.1. The number of nitrogens with one attached hydrogen (secondary N) is 1. The van der Waals surface area contributed by atoms with Crippen LogP contribution in [0.15, 0.2) is 13.6 Å². The van der Waals surface area contributed by atoms with Crippen LogP contribution >= 0.6 is 43.2 Å². The summed E-state index contributed by atoms with van der Waals surface area (Å²) in [5.41, 5.74) is 1.66. The summed E-state index contributed by atoms with van der Waals surface area (Å²) in [7, 11) is 0. The van der Waals surface area contributed by atoms with Crippen molar-refractivity contribution in [1.29, 1.82) is 0 Å². The van der Waals surface area contributed by atoms with Gasteiger partial charge in [0.2, 0.25) is 0 Å². The first-order chi connectivity index (χ1) is 7.49. The summed E-state index contributed by atoms with van der Waals surface area (Å²) in [5.74, 6) is 0. The normalized spacial score (nSPS) is 16.8. The lowest BCUT2D eigenvalue weighted by atomic mass is 9.83. The van der Waals surface area contributed by atoms with Crippen molar-refractivity contribution in [1.82, 2.24) is 5.32 Å². The molecule has 1 nitrogen and oxygen atoms in total. The number of halogens is 2. The van der Waals surface area contributed by atoms with Crippen LogP contribution in [0.1, 0.15) is 38.7 Å². The van der Waals surface area contributed by atoms with Gasteiger partial charge in [0.25, 0.3) is 0 Å². The average Bonchev–Trinajstić information content (AvgIpc) is 2.91. The molecular formula is C12H17Br2NS. The van der Waals surface area contributed by atoms with Gasteiger partial charge in [0.1, 0.15) is 0 Å². The van der Waals surface area contributed by atoms with Gasteiger partial charge in [0, 0.05) is 6.04 Å². The maximum Gasteiger partial charge on any atom is 0.0747 e. The minimum absolute atomic E-state index is 0.239. The molecule has 0 unspecified atom stereocenters. The van der Waals surface area contributed by atoms with Crippen LogP contribution in [0.3, 0.4) is 0 Å². The van der Waals surface area contributed by atoms with Crippen LogP contribution in [-0.2, 0) is 5.41 Å². The molecule has 1 aliphatic rings. The number of rotatable bonds is 5. The van der Waals surface area contributed by atoms with Gasteiger partial charge in [-0.3, -0.25) is 0 Å². The van der Waals surface area contributed by atoms with Crippen LogP contribution in [-0.4, -0.2) is 12.6 Å². The predicted octanol–water partition coefficient (Wildman–Crippen LogP) is 4.69. The quantitative estimate of drug-likeness (QED) is 0.796. The Kier molecular flexibility index (Phi) is 4.15. The smallest absolute Gasteiger partial charge is 0.0747 e. The molecule has 0 saturated heterocycles. The highest BCUT2D eigenvalue weighted by molar-refractivity contribution is 9.12. The third-order valence-corrected chi connectivity index (χ3v) is 5.49. The Morgan fingerprint density at radius 2 is 2.12 bits per heavy atom. The molecule has 1 heterocycles. The zero-order chi connectivity index (χ0) is 11.8. The fraction of sp³-hybridized carbons (Fsp3) is 0.667. The number of hydrogen-bond donors (Lipinski definition) is 1. The summed E-state index contributed by atoms with van der Waals surface area (Å²) >= 11 is 8.97. The lowest BCUT2D eigenvalue weighted by Crippen LogP contribution is -2.26. The van der Waals surface area contributed by atoms with Gasteiger partial charge >= 0.3 is 0 Å². The molecule has 0 bridgehead atoms. The van der Waals surface area contributed by atoms with E-state index < -0.39 is 0 Å². The van der Waals surface area contributed by atoms with Crippen molar-refractivity contribution in [2.45, 2.75) is 44.6 Å². The maximum atomic E-state index is 3.65. The third-order valence-electron chi connectivity index (χ3n) is 3.15. The molecule has 0 aromatic carbocycles. The molecule has 1 aromatic rings. The van der Waals surface area contributed by atoms with E-state index in [0.29, 0.717) is 0 Å². The lowest BCUT2D eigenvalue weighted by Gasteiger charge is -2.24. The Labute approximate surface area is 118 Å². The van der Waals surface area contributed by atoms with Crippen molar-refractivity contribution in [3.05, 3.63) is 19.2 Å². The Hall–Kier alpha value is 0.620. The SMILES string of the molecule is CC(C)(CCNC1CC1)c1cc(Br)sc1Br. The topological polar surface area (TPSA) is 12.0 Å². The molecule has 1 saturated carbocycles. The fourth-order valence-electron chi connectivity index (χ4n) is 1.81. The molecule has 0 spiro atoms. The van der Waals surface area contributed by atoms with Gasteiger partial charge in [-0.1, -0.05) is 13.8 Å². The van der Waals surface area contributed by atoms with E-state index in [9.17, 15) is 0 Å². The predicted molar refractivity (Wildman–Crippen MR) is 78.4 cm³/mol. The van der Waals surface area contributed by atoms with Crippen LogP contribution in [0.25, 0.3) is 0 Å². The highest BCUT2D eigenvalue weighted by Gasteiger charge is 2.26. The molecule has 1 N–H and O–H groups in total. The monoisotopic (exact) mass is 365 g/mol. The van der Waals surface area contributed by atoms with Crippen molar-refractivity contribution >= 4 is 43.2 Å². The summed E-state index contributed by atoms with van der Waals surface area (Å²) in [5, 5.41) is 3.59. The van der Waals surface area contributed by atoms with Crippen LogP contribution in [0.4, 0.5) is 0 Å². The third kappa shape index (κ3) is 3.31. The first-order valence-corrected chi connectivity index (χ1v) is 8.08. The Balaban J connectivity index is 1.96. The van der Waals surface area contributed by atoms with Crippen molar-refractivity contribution < 1.29 is 0 Å². The minimum atomic E-state index is 0.239. The highest BCUT2D eigenvalue weighted by Crippen LogP contribution is 2.40. The van der Waals surface area contributed by atoms with Gasteiger partial charge in [-0.2, -0.15) is 0 Å². The molecule has 4 heteroatoms. The van der Waals surface area contributed by atoms with Gasteiger partial charge in [0.15, 0.2) is 0 Å². The molecule has 0 atom stereocenters. The molecule has 0 aliphatic heterocycles. The fourth-order valence-corrected chi connectivity index (χ4v) is 5.15. The summed E-state index contributed by atoms with van der Waals surface area (Å²) < 4.78 is 2.47. The Morgan fingerprint density at radius 1 is 1.44 bits per heavy atom. The Bertz CT molecular complexity index is 369. The minimum Gasteiger partial charge on any atom is -0.314 e. The zero-order valence-electron chi connectivity index (χ0n) is 9.65. The second kappa shape index (κ2) is 5.09. The highest BCUT2D eigenvalue weighted by atomic mass is 79.9. The largest absolute Gasteiger partial charge is 0.314 e. The zero-order valence-corrected chi connectivity index (χ0v) is 13.6. The van der Waals surface area contributed by atoms with Crippen LogP contribution in [0.5, 0.6) is 0 Å². The van der Waals surface area contributed by atoms with Crippen LogP contribution in [0, 0.1) is 0 Å². The molecule has 16 heavy (non-hydrogen) atoms. The molecule has 1 aliphatic carbocycles. The summed E-state index contributed by atoms with van der Waals surface area (Å²) in [6.07, 6.45) is 3.92. The van der Waals surface area contributed by atoms with Gasteiger partial charge in [-0.15, -0.1) is 11.3 Å². The maximum absolute atomic E-state index is 3.65. The van der Waals surface area contributed by atoms with E-state index in [-0.39, 0.29) is 5.41 Å². The van der Waals surface area contributed by atoms with Crippen molar-refractivity contribution in [3.63, 3.8) is 0 Å². The van der Waals surface area contributed by atoms with E-state index in [2.05, 4.69) is 57.1 Å². The molecular weight excluding hydrogens is 350 g/mol. The molecule has 1 aromatic heterocycles. The van der Waals surface area contributed by atoms with Crippen molar-refractivity contribution in [2.24, 2.45) is 0 Å². The van der Waals surface area contributed by atoms with Crippen LogP contribution in [0.2, 0.25) is 0 Å². The summed E-state index contributed by atoms with van der Waals surface area (Å²) in [6.45, 7) is 5.76. The van der Waals surface area contributed by atoms with Gasteiger partial charge in [0.05, 0.1) is 7.57 Å². The van der Waals surface area contributed by atoms with E-state index in [1.54, 1.807) is 11.3 Å². The molecule has 90 valence electrons. The molecule has 0 radical (unpaired) electrons. The van der Waals surface area contributed by atoms with E-state index in [4.69, 9.17) is 0 Å². The molecule has 2 rings (SSSR count). The van der Waals surface area contributed by atoms with Gasteiger partial charge in [-0.25, -0.2) is 0 Å². The second-order valence-electron chi connectivity index (χ2n) is 5.10. The van der Waals surface area contributed by atoms with Crippen molar-refractivity contribution in [3.8, 4) is 0 Å². The average molecular weight is 367 g/mol.